The summed E-state index contributed by atoms with van der Waals surface area (Å²) in [4.78, 5) is 11.3. The second-order valence-corrected chi connectivity index (χ2v) is 5.02. The van der Waals surface area contributed by atoms with Crippen LogP contribution < -0.4 is 4.74 Å². The number of halogens is 1. The molecule has 0 radical (unpaired) electrons. The third-order valence-electron chi connectivity index (χ3n) is 3.50. The molecule has 0 aliphatic carbocycles. The van der Waals surface area contributed by atoms with Crippen LogP contribution in [0, 0.1) is 5.82 Å². The molecule has 0 saturated heterocycles. The Morgan fingerprint density at radius 1 is 1.27 bits per heavy atom. The fraction of sp³-hybridized carbons (Fsp3) is 0.118. The van der Waals surface area contributed by atoms with Gasteiger partial charge < -0.3 is 14.4 Å². The first-order chi connectivity index (χ1) is 10.6. The second-order valence-electron chi connectivity index (χ2n) is 5.02. The maximum absolute atomic E-state index is 13.1. The van der Waals surface area contributed by atoms with Gasteiger partial charge in [-0.05, 0) is 18.2 Å². The monoisotopic (exact) mass is 299 g/mol. The highest BCUT2D eigenvalue weighted by molar-refractivity contribution is 6.03. The van der Waals surface area contributed by atoms with Crippen LogP contribution in [0.5, 0.6) is 5.75 Å². The summed E-state index contributed by atoms with van der Waals surface area (Å²) in [6.45, 7) is 0.240. The van der Waals surface area contributed by atoms with E-state index in [2.05, 4.69) is 0 Å². The zero-order valence-corrected chi connectivity index (χ0v) is 11.9. The zero-order chi connectivity index (χ0) is 15.7. The van der Waals surface area contributed by atoms with Crippen molar-refractivity contribution in [3.05, 3.63) is 65.6 Å². The number of aryl methyl sites for hydroxylation is 1. The third-order valence-corrected chi connectivity index (χ3v) is 3.50. The third kappa shape index (κ3) is 2.53. The molecule has 1 aromatic heterocycles. The molecule has 22 heavy (non-hydrogen) atoms. The maximum Gasteiger partial charge on any atom is 0.337 e. The molecule has 0 aliphatic rings. The van der Waals surface area contributed by atoms with Crippen molar-refractivity contribution in [3.63, 3.8) is 0 Å². The molecule has 3 aromatic rings. The van der Waals surface area contributed by atoms with E-state index in [0.29, 0.717) is 11.3 Å². The number of hydrogen-bond donors (Lipinski definition) is 1. The SMILES string of the molecule is Cn1cc(COc2cccc(F)c2)c2cccc(C(=O)O)c21. The number of nitrogens with zero attached hydrogens (tertiary/aromatic N) is 1. The second kappa shape index (κ2) is 5.52. The van der Waals surface area contributed by atoms with Gasteiger partial charge in [0, 0.05) is 30.3 Å². The number of fused-ring (bicyclic) bond motifs is 1. The summed E-state index contributed by atoms with van der Waals surface area (Å²) in [6.07, 6.45) is 1.83. The fourth-order valence-corrected chi connectivity index (χ4v) is 2.56. The lowest BCUT2D eigenvalue weighted by Crippen LogP contribution is -1.99. The van der Waals surface area contributed by atoms with Gasteiger partial charge in [-0.3, -0.25) is 0 Å². The first-order valence-corrected chi connectivity index (χ1v) is 6.75. The Hall–Kier alpha value is -2.82. The quantitative estimate of drug-likeness (QED) is 0.801. The maximum atomic E-state index is 13.1. The minimum Gasteiger partial charge on any atom is -0.489 e. The average Bonchev–Trinajstić information content (AvgIpc) is 2.82. The summed E-state index contributed by atoms with van der Waals surface area (Å²) >= 11 is 0. The summed E-state index contributed by atoms with van der Waals surface area (Å²) in [7, 11) is 1.79. The Morgan fingerprint density at radius 2 is 2.05 bits per heavy atom. The Labute approximate surface area is 126 Å². The van der Waals surface area contributed by atoms with Gasteiger partial charge >= 0.3 is 5.97 Å². The number of carboxylic acids is 1. The fourth-order valence-electron chi connectivity index (χ4n) is 2.56. The smallest absolute Gasteiger partial charge is 0.337 e. The summed E-state index contributed by atoms with van der Waals surface area (Å²) < 4.78 is 20.5. The molecule has 0 unspecified atom stereocenters. The van der Waals surface area contributed by atoms with E-state index in [0.717, 1.165) is 10.9 Å². The van der Waals surface area contributed by atoms with Crippen LogP contribution in [0.1, 0.15) is 15.9 Å². The normalized spacial score (nSPS) is 10.8. The van der Waals surface area contributed by atoms with Crippen molar-refractivity contribution in [2.45, 2.75) is 6.61 Å². The number of aromatic carboxylic acids is 1. The molecular formula is C17H14FNO3. The topological polar surface area (TPSA) is 51.5 Å². The Bertz CT molecular complexity index is 854. The average molecular weight is 299 g/mol. The zero-order valence-electron chi connectivity index (χ0n) is 11.9. The van der Waals surface area contributed by atoms with Gasteiger partial charge in [0.2, 0.25) is 0 Å². The lowest BCUT2D eigenvalue weighted by molar-refractivity contribution is 0.0698. The molecule has 0 bridgehead atoms. The Kier molecular flexibility index (Phi) is 3.55. The minimum atomic E-state index is -0.968. The molecule has 0 saturated carbocycles. The minimum absolute atomic E-state index is 0.240. The van der Waals surface area contributed by atoms with Crippen molar-refractivity contribution in [1.82, 2.24) is 4.57 Å². The van der Waals surface area contributed by atoms with Crippen molar-refractivity contribution >= 4 is 16.9 Å². The first-order valence-electron chi connectivity index (χ1n) is 6.75. The van der Waals surface area contributed by atoms with E-state index in [1.54, 1.807) is 35.9 Å². The van der Waals surface area contributed by atoms with E-state index in [9.17, 15) is 14.3 Å². The predicted molar refractivity (Wildman–Crippen MR) is 80.6 cm³/mol. The molecule has 5 heteroatoms. The number of para-hydroxylation sites is 1. The van der Waals surface area contributed by atoms with Gasteiger partial charge in [0.25, 0.3) is 0 Å². The standard InChI is InChI=1S/C17H14FNO3/c1-19-9-11(10-22-13-5-2-4-12(18)8-13)14-6-3-7-15(16(14)19)17(20)21/h2-9H,10H2,1H3,(H,20,21). The lowest BCUT2D eigenvalue weighted by atomic mass is 10.1. The predicted octanol–water partition coefficient (Wildman–Crippen LogP) is 3.59. The van der Waals surface area contributed by atoms with E-state index in [-0.39, 0.29) is 18.0 Å². The molecule has 0 fully saturated rings. The van der Waals surface area contributed by atoms with Gasteiger partial charge in [-0.2, -0.15) is 0 Å². The molecule has 112 valence electrons. The van der Waals surface area contributed by atoms with Crippen molar-refractivity contribution < 1.29 is 19.0 Å². The van der Waals surface area contributed by atoms with E-state index >= 15 is 0 Å². The molecule has 0 amide bonds. The van der Waals surface area contributed by atoms with Gasteiger partial charge in [-0.25, -0.2) is 9.18 Å². The summed E-state index contributed by atoms with van der Waals surface area (Å²) in [6, 6.07) is 11.1. The van der Waals surface area contributed by atoms with Crippen molar-refractivity contribution in [3.8, 4) is 5.75 Å². The number of aromatic nitrogens is 1. The number of carboxylic acid groups (broad SMARTS) is 1. The van der Waals surface area contributed by atoms with E-state index in [4.69, 9.17) is 4.74 Å². The Morgan fingerprint density at radius 3 is 2.77 bits per heavy atom. The highest BCUT2D eigenvalue weighted by Crippen LogP contribution is 2.25. The molecule has 1 N–H and O–H groups in total. The van der Waals surface area contributed by atoms with Crippen LogP contribution in [0.2, 0.25) is 0 Å². The van der Waals surface area contributed by atoms with Crippen LogP contribution in [0.3, 0.4) is 0 Å². The number of rotatable bonds is 4. The molecular weight excluding hydrogens is 285 g/mol. The summed E-state index contributed by atoms with van der Waals surface area (Å²) in [5.74, 6) is -0.889. The van der Waals surface area contributed by atoms with Gasteiger partial charge in [0.1, 0.15) is 18.2 Å². The lowest BCUT2D eigenvalue weighted by Gasteiger charge is -2.05. The molecule has 0 atom stereocenters. The van der Waals surface area contributed by atoms with E-state index in [1.165, 1.54) is 12.1 Å². The van der Waals surface area contributed by atoms with Crippen LogP contribution in [0.25, 0.3) is 10.9 Å². The van der Waals surface area contributed by atoms with Gasteiger partial charge in [-0.1, -0.05) is 18.2 Å². The molecule has 2 aromatic carbocycles. The van der Waals surface area contributed by atoms with Crippen molar-refractivity contribution in [1.29, 1.82) is 0 Å². The van der Waals surface area contributed by atoms with Crippen LogP contribution in [-0.2, 0) is 13.7 Å². The van der Waals surface area contributed by atoms with Crippen LogP contribution in [-0.4, -0.2) is 15.6 Å². The van der Waals surface area contributed by atoms with Gasteiger partial charge in [0.05, 0.1) is 11.1 Å². The Balaban J connectivity index is 1.95. The molecule has 1 heterocycles. The van der Waals surface area contributed by atoms with Gasteiger partial charge in [-0.15, -0.1) is 0 Å². The highest BCUT2D eigenvalue weighted by atomic mass is 19.1. The van der Waals surface area contributed by atoms with Crippen molar-refractivity contribution in [2.75, 3.05) is 0 Å². The largest absolute Gasteiger partial charge is 0.489 e. The number of benzene rings is 2. The van der Waals surface area contributed by atoms with Crippen LogP contribution >= 0.6 is 0 Å². The van der Waals surface area contributed by atoms with E-state index < -0.39 is 5.97 Å². The van der Waals surface area contributed by atoms with Crippen molar-refractivity contribution in [2.24, 2.45) is 7.05 Å². The highest BCUT2D eigenvalue weighted by Gasteiger charge is 2.14. The number of hydrogen-bond acceptors (Lipinski definition) is 2. The molecule has 3 rings (SSSR count). The van der Waals surface area contributed by atoms with Gasteiger partial charge in [0.15, 0.2) is 0 Å². The first kappa shape index (κ1) is 14.1. The van der Waals surface area contributed by atoms with Crippen LogP contribution in [0.4, 0.5) is 4.39 Å². The number of ether oxygens (including phenoxy) is 1. The summed E-state index contributed by atoms with van der Waals surface area (Å²) in [5.41, 5.74) is 1.75. The van der Waals surface area contributed by atoms with Crippen LogP contribution in [0.15, 0.2) is 48.7 Å². The number of carbonyl (C=O) groups is 1. The molecule has 0 spiro atoms. The molecule has 4 nitrogen and oxygen atoms in total. The summed E-state index contributed by atoms with van der Waals surface area (Å²) in [5, 5.41) is 10.1. The van der Waals surface area contributed by atoms with E-state index in [1.807, 2.05) is 12.3 Å². The molecule has 0 aliphatic heterocycles.